The predicted molar refractivity (Wildman–Crippen MR) is 77.3 cm³/mol. The van der Waals surface area contributed by atoms with Gasteiger partial charge >= 0.3 is 0 Å². The molecule has 2 nitrogen and oxygen atoms in total. The van der Waals surface area contributed by atoms with E-state index in [1.165, 1.54) is 11.3 Å². The third-order valence-corrected chi connectivity index (χ3v) is 4.17. The van der Waals surface area contributed by atoms with E-state index in [9.17, 15) is 8.78 Å². The van der Waals surface area contributed by atoms with Crippen LogP contribution in [0.25, 0.3) is 0 Å². The highest BCUT2D eigenvalue weighted by molar-refractivity contribution is 7.16. The number of thiophene rings is 1. The van der Waals surface area contributed by atoms with Crippen LogP contribution in [0.4, 0.5) is 8.78 Å². The third kappa shape index (κ3) is 3.48. The van der Waals surface area contributed by atoms with Gasteiger partial charge in [-0.15, -0.1) is 11.3 Å². The fraction of sp³-hybridized carbons (Fsp3) is 0.286. The van der Waals surface area contributed by atoms with E-state index < -0.39 is 17.7 Å². The van der Waals surface area contributed by atoms with Gasteiger partial charge in [-0.05, 0) is 30.7 Å². The molecule has 0 radical (unpaired) electrons. The molecule has 0 aliphatic carbocycles. The zero-order valence-corrected chi connectivity index (χ0v) is 12.3. The van der Waals surface area contributed by atoms with Gasteiger partial charge in [0, 0.05) is 17.0 Å². The highest BCUT2D eigenvalue weighted by atomic mass is 35.5. The molecule has 0 saturated carbocycles. The van der Waals surface area contributed by atoms with Crippen LogP contribution >= 0.6 is 22.9 Å². The number of hydrogen-bond acceptors (Lipinski definition) is 3. The van der Waals surface area contributed by atoms with E-state index in [1.54, 1.807) is 12.1 Å². The summed E-state index contributed by atoms with van der Waals surface area (Å²) in [5.74, 6) is -1.33. The van der Waals surface area contributed by atoms with Gasteiger partial charge in [0.25, 0.3) is 0 Å². The van der Waals surface area contributed by atoms with Crippen molar-refractivity contribution in [1.82, 2.24) is 0 Å². The summed E-state index contributed by atoms with van der Waals surface area (Å²) in [5.41, 5.74) is 6.02. The summed E-state index contributed by atoms with van der Waals surface area (Å²) >= 11 is 7.21. The Hall–Kier alpha value is -1.17. The first-order chi connectivity index (χ1) is 9.51. The molecule has 20 heavy (non-hydrogen) atoms. The molecule has 0 amide bonds. The summed E-state index contributed by atoms with van der Waals surface area (Å²) in [7, 11) is 0. The highest BCUT2D eigenvalue weighted by Crippen LogP contribution is 2.33. The van der Waals surface area contributed by atoms with E-state index in [0.29, 0.717) is 10.8 Å². The number of halogens is 3. The Morgan fingerprint density at radius 3 is 2.65 bits per heavy atom. The predicted octanol–water partition coefficient (Wildman–Crippen LogP) is 4.54. The molecule has 1 heterocycles. The van der Waals surface area contributed by atoms with Gasteiger partial charge in [0.15, 0.2) is 11.6 Å². The molecule has 2 rings (SSSR count). The molecule has 2 N–H and O–H groups in total. The molecule has 0 saturated heterocycles. The lowest BCUT2D eigenvalue weighted by atomic mass is 10.1. The smallest absolute Gasteiger partial charge is 0.165 e. The molecule has 1 aromatic carbocycles. The minimum atomic E-state index is -0.623. The van der Waals surface area contributed by atoms with Crippen molar-refractivity contribution in [1.29, 1.82) is 0 Å². The lowest BCUT2D eigenvalue weighted by molar-refractivity contribution is 0.166. The molecule has 0 spiro atoms. The van der Waals surface area contributed by atoms with Crippen LogP contribution in [-0.2, 0) is 0 Å². The maximum absolute atomic E-state index is 13.7. The van der Waals surface area contributed by atoms with Crippen LogP contribution < -0.4 is 10.5 Å². The fourth-order valence-electron chi connectivity index (χ4n) is 1.76. The molecule has 108 valence electrons. The SMILES string of the molecule is CCC(N)C(Oc1cc(F)ccc1F)c1ccc(Cl)s1. The molecular formula is C14H14ClF2NOS. The molecule has 0 bridgehead atoms. The van der Waals surface area contributed by atoms with Crippen LogP contribution in [0, 0.1) is 11.6 Å². The minimum Gasteiger partial charge on any atom is -0.480 e. The summed E-state index contributed by atoms with van der Waals surface area (Å²) in [5, 5.41) is 0. The van der Waals surface area contributed by atoms with Gasteiger partial charge in [-0.3, -0.25) is 0 Å². The van der Waals surface area contributed by atoms with Gasteiger partial charge in [-0.1, -0.05) is 18.5 Å². The standard InChI is InChI=1S/C14H14ClF2NOS/c1-2-10(18)14(12-5-6-13(15)20-12)19-11-7-8(16)3-4-9(11)17/h3-7,10,14H,2,18H2,1H3. The maximum Gasteiger partial charge on any atom is 0.165 e. The van der Waals surface area contributed by atoms with Gasteiger partial charge in [-0.2, -0.15) is 0 Å². The molecular weight excluding hydrogens is 304 g/mol. The van der Waals surface area contributed by atoms with Crippen molar-refractivity contribution in [3.05, 3.63) is 51.2 Å². The van der Waals surface area contributed by atoms with Crippen LogP contribution in [0.5, 0.6) is 5.75 Å². The highest BCUT2D eigenvalue weighted by Gasteiger charge is 2.23. The summed E-state index contributed by atoms with van der Waals surface area (Å²) < 4.78 is 33.0. The number of ether oxygens (including phenoxy) is 1. The van der Waals surface area contributed by atoms with E-state index in [-0.39, 0.29) is 11.8 Å². The Morgan fingerprint density at radius 2 is 2.05 bits per heavy atom. The van der Waals surface area contributed by atoms with Crippen LogP contribution in [0.15, 0.2) is 30.3 Å². The topological polar surface area (TPSA) is 35.2 Å². The average Bonchev–Trinajstić information content (AvgIpc) is 2.85. The average molecular weight is 318 g/mol. The van der Waals surface area contributed by atoms with Gasteiger partial charge in [-0.25, -0.2) is 8.78 Å². The van der Waals surface area contributed by atoms with E-state index >= 15 is 0 Å². The van der Waals surface area contributed by atoms with Gasteiger partial charge in [0.2, 0.25) is 0 Å². The van der Waals surface area contributed by atoms with Crippen LogP contribution in [0.1, 0.15) is 24.3 Å². The number of rotatable bonds is 5. The largest absolute Gasteiger partial charge is 0.480 e. The Balaban J connectivity index is 2.30. The molecule has 0 aliphatic heterocycles. The lowest BCUT2D eigenvalue weighted by Crippen LogP contribution is -2.31. The van der Waals surface area contributed by atoms with Crippen molar-refractivity contribution in [2.24, 2.45) is 5.73 Å². The van der Waals surface area contributed by atoms with E-state index in [1.807, 2.05) is 6.92 Å². The summed E-state index contributed by atoms with van der Waals surface area (Å²) in [6, 6.07) is 6.25. The van der Waals surface area contributed by atoms with Crippen LogP contribution in [0.2, 0.25) is 4.34 Å². The summed E-state index contributed by atoms with van der Waals surface area (Å²) in [6.07, 6.45) is 0.0747. The van der Waals surface area contributed by atoms with Crippen LogP contribution in [-0.4, -0.2) is 6.04 Å². The van der Waals surface area contributed by atoms with Crippen molar-refractivity contribution in [3.8, 4) is 5.75 Å². The number of benzene rings is 1. The quantitative estimate of drug-likeness (QED) is 0.879. The van der Waals surface area contributed by atoms with Crippen molar-refractivity contribution in [2.75, 3.05) is 0 Å². The second-order valence-corrected chi connectivity index (χ2v) is 6.07. The minimum absolute atomic E-state index is 0.150. The normalized spacial score (nSPS) is 14.1. The molecule has 2 unspecified atom stereocenters. The fourth-order valence-corrected chi connectivity index (χ4v) is 2.92. The second kappa shape index (κ2) is 6.52. The molecule has 0 aliphatic rings. The molecule has 2 atom stereocenters. The molecule has 1 aromatic heterocycles. The number of hydrogen-bond donors (Lipinski definition) is 1. The van der Waals surface area contributed by atoms with Crippen LogP contribution in [0.3, 0.4) is 0 Å². The molecule has 2 aromatic rings. The Bertz CT molecular complexity index is 590. The summed E-state index contributed by atoms with van der Waals surface area (Å²) in [6.45, 7) is 1.90. The van der Waals surface area contributed by atoms with Gasteiger partial charge in [0.05, 0.1) is 4.34 Å². The summed E-state index contributed by atoms with van der Waals surface area (Å²) in [4.78, 5) is 0.785. The first-order valence-electron chi connectivity index (χ1n) is 6.13. The van der Waals surface area contributed by atoms with Gasteiger partial charge in [0.1, 0.15) is 11.9 Å². The number of nitrogens with two attached hydrogens (primary N) is 1. The van der Waals surface area contributed by atoms with E-state index in [0.717, 1.165) is 23.1 Å². The zero-order valence-electron chi connectivity index (χ0n) is 10.8. The van der Waals surface area contributed by atoms with Crippen molar-refractivity contribution < 1.29 is 13.5 Å². The van der Waals surface area contributed by atoms with E-state index in [2.05, 4.69) is 0 Å². The monoisotopic (exact) mass is 317 g/mol. The maximum atomic E-state index is 13.7. The van der Waals surface area contributed by atoms with Gasteiger partial charge < -0.3 is 10.5 Å². The van der Waals surface area contributed by atoms with Crippen molar-refractivity contribution in [2.45, 2.75) is 25.5 Å². The first-order valence-corrected chi connectivity index (χ1v) is 7.33. The second-order valence-electron chi connectivity index (χ2n) is 4.33. The van der Waals surface area contributed by atoms with Crippen molar-refractivity contribution >= 4 is 22.9 Å². The lowest BCUT2D eigenvalue weighted by Gasteiger charge is -2.23. The molecule has 0 fully saturated rings. The Morgan fingerprint density at radius 1 is 1.30 bits per heavy atom. The molecule has 6 heteroatoms. The van der Waals surface area contributed by atoms with Crippen molar-refractivity contribution in [3.63, 3.8) is 0 Å². The zero-order chi connectivity index (χ0) is 14.7. The Kier molecular flexibility index (Phi) is 4.96. The Labute approximate surface area is 125 Å². The third-order valence-electron chi connectivity index (χ3n) is 2.88. The first kappa shape index (κ1) is 15.2. The van der Waals surface area contributed by atoms with E-state index in [4.69, 9.17) is 22.1 Å².